The Morgan fingerprint density at radius 2 is 1.77 bits per heavy atom. The van der Waals surface area contributed by atoms with Crippen molar-refractivity contribution in [3.63, 3.8) is 0 Å². The Balaban J connectivity index is 1.54. The molecule has 9 heteroatoms. The molecule has 1 aromatic heterocycles. The second-order valence-corrected chi connectivity index (χ2v) is 10.1. The van der Waals surface area contributed by atoms with Gasteiger partial charge in [0, 0.05) is 25.0 Å². The number of nitrogens with zero attached hydrogens (tertiary/aromatic N) is 2. The summed E-state index contributed by atoms with van der Waals surface area (Å²) >= 11 is 0. The number of carbonyl (C=O) groups is 2. The van der Waals surface area contributed by atoms with Gasteiger partial charge in [0.15, 0.2) is 23.0 Å². The van der Waals surface area contributed by atoms with E-state index in [0.717, 1.165) is 37.7 Å². The van der Waals surface area contributed by atoms with E-state index in [-0.39, 0.29) is 31.0 Å². The number of hydrogen-bond donors (Lipinski definition) is 1. The number of rotatable bonds is 9. The molecule has 1 saturated carbocycles. The van der Waals surface area contributed by atoms with Crippen molar-refractivity contribution in [2.45, 2.75) is 56.8 Å². The molecule has 0 spiro atoms. The Kier molecular flexibility index (Phi) is 8.68. The lowest BCUT2D eigenvalue weighted by atomic mass is 9.94. The van der Waals surface area contributed by atoms with E-state index in [1.165, 1.54) is 0 Å². The highest BCUT2D eigenvalue weighted by molar-refractivity contribution is 5.91. The minimum absolute atomic E-state index is 0.0300. The molecule has 40 heavy (non-hydrogen) atoms. The van der Waals surface area contributed by atoms with Crippen LogP contribution in [0.25, 0.3) is 0 Å². The van der Waals surface area contributed by atoms with Crippen LogP contribution in [-0.2, 0) is 16.1 Å². The molecule has 2 unspecified atom stereocenters. The predicted octanol–water partition coefficient (Wildman–Crippen LogP) is 4.46. The number of aromatic nitrogens is 1. The van der Waals surface area contributed by atoms with Gasteiger partial charge in [0.1, 0.15) is 12.6 Å². The van der Waals surface area contributed by atoms with Crippen molar-refractivity contribution in [1.82, 2.24) is 15.2 Å². The Hall–Kier alpha value is -4.27. The predicted molar refractivity (Wildman–Crippen MR) is 148 cm³/mol. The molecule has 9 nitrogen and oxygen atoms in total. The lowest BCUT2D eigenvalue weighted by Crippen LogP contribution is -2.52. The maximum absolute atomic E-state index is 14.3. The third kappa shape index (κ3) is 6.14. The van der Waals surface area contributed by atoms with Crippen LogP contribution in [0.1, 0.15) is 49.3 Å². The Morgan fingerprint density at radius 3 is 2.50 bits per heavy atom. The molecule has 2 atom stereocenters. The third-order valence-corrected chi connectivity index (χ3v) is 7.38. The van der Waals surface area contributed by atoms with Gasteiger partial charge in [0.05, 0.1) is 14.2 Å². The number of fused-ring (bicyclic) bond motifs is 1. The van der Waals surface area contributed by atoms with Crippen LogP contribution in [0.3, 0.4) is 0 Å². The number of para-hydroxylation sites is 2. The van der Waals surface area contributed by atoms with E-state index in [1.807, 2.05) is 24.3 Å². The average Bonchev–Trinajstić information content (AvgIpc) is 3.01. The molecule has 0 bridgehead atoms. The van der Waals surface area contributed by atoms with Crippen LogP contribution in [-0.4, -0.2) is 54.7 Å². The highest BCUT2D eigenvalue weighted by Crippen LogP contribution is 2.36. The average molecular weight is 546 g/mol. The van der Waals surface area contributed by atoms with Crippen molar-refractivity contribution in [1.29, 1.82) is 0 Å². The summed E-state index contributed by atoms with van der Waals surface area (Å²) < 4.78 is 23.0. The molecule has 0 saturated heterocycles. The van der Waals surface area contributed by atoms with Gasteiger partial charge in [-0.15, -0.1) is 0 Å². The SMILES string of the molecule is COc1ccc(C(C(=O)NC2CCCCC2)N(Cc2cccnc2)C(=O)C2COc3ccccc3O2)cc1OC. The van der Waals surface area contributed by atoms with Crippen molar-refractivity contribution < 1.29 is 28.5 Å². The fourth-order valence-electron chi connectivity index (χ4n) is 5.33. The van der Waals surface area contributed by atoms with Gasteiger partial charge in [-0.05, 0) is 54.3 Å². The molecule has 1 aliphatic carbocycles. The summed E-state index contributed by atoms with van der Waals surface area (Å²) in [5.74, 6) is 1.45. The zero-order valence-corrected chi connectivity index (χ0v) is 22.9. The van der Waals surface area contributed by atoms with Gasteiger partial charge in [-0.25, -0.2) is 0 Å². The zero-order chi connectivity index (χ0) is 27.9. The summed E-state index contributed by atoms with van der Waals surface area (Å²) in [6, 6.07) is 15.3. The minimum Gasteiger partial charge on any atom is -0.493 e. The van der Waals surface area contributed by atoms with Crippen molar-refractivity contribution in [2.75, 3.05) is 20.8 Å². The first-order chi connectivity index (χ1) is 19.6. The molecule has 2 amide bonds. The molecule has 5 rings (SSSR count). The molecule has 1 N–H and O–H groups in total. The summed E-state index contributed by atoms with van der Waals surface area (Å²) in [6.07, 6.45) is 7.56. The van der Waals surface area contributed by atoms with Gasteiger partial charge >= 0.3 is 0 Å². The lowest BCUT2D eigenvalue weighted by Gasteiger charge is -2.36. The monoisotopic (exact) mass is 545 g/mol. The van der Waals surface area contributed by atoms with E-state index in [4.69, 9.17) is 18.9 Å². The summed E-state index contributed by atoms with van der Waals surface area (Å²) in [5, 5.41) is 3.23. The first-order valence-electron chi connectivity index (χ1n) is 13.7. The first kappa shape index (κ1) is 27.3. The Morgan fingerprint density at radius 1 is 1.00 bits per heavy atom. The molecular formula is C31H35N3O6. The third-order valence-electron chi connectivity index (χ3n) is 7.38. The Labute approximate surface area is 234 Å². The molecule has 0 radical (unpaired) electrons. The number of hydrogen-bond acceptors (Lipinski definition) is 7. The van der Waals surface area contributed by atoms with Gasteiger partial charge in [0.25, 0.3) is 5.91 Å². The second-order valence-electron chi connectivity index (χ2n) is 10.1. The molecule has 2 aromatic carbocycles. The summed E-state index contributed by atoms with van der Waals surface area (Å²) in [5.41, 5.74) is 1.38. The highest BCUT2D eigenvalue weighted by atomic mass is 16.6. The maximum atomic E-state index is 14.3. The molecule has 3 aromatic rings. The van der Waals surface area contributed by atoms with Crippen LogP contribution in [0, 0.1) is 0 Å². The number of nitrogens with one attached hydrogen (secondary N) is 1. The van der Waals surface area contributed by atoms with E-state index in [1.54, 1.807) is 61.8 Å². The number of methoxy groups -OCH3 is 2. The van der Waals surface area contributed by atoms with E-state index in [9.17, 15) is 9.59 Å². The van der Waals surface area contributed by atoms with E-state index >= 15 is 0 Å². The molecule has 2 heterocycles. The summed E-state index contributed by atoms with van der Waals surface area (Å²) in [4.78, 5) is 34.2. The Bertz CT molecular complexity index is 1310. The second kappa shape index (κ2) is 12.7. The van der Waals surface area contributed by atoms with E-state index in [0.29, 0.717) is 28.6 Å². The van der Waals surface area contributed by atoms with Gasteiger partial charge in [-0.2, -0.15) is 0 Å². The normalized spacial score (nSPS) is 17.4. The van der Waals surface area contributed by atoms with Crippen molar-refractivity contribution >= 4 is 11.8 Å². The van der Waals surface area contributed by atoms with Crippen molar-refractivity contribution in [3.8, 4) is 23.0 Å². The van der Waals surface area contributed by atoms with Gasteiger partial charge in [0.2, 0.25) is 12.0 Å². The number of pyridine rings is 1. The summed E-state index contributed by atoms with van der Waals surface area (Å²) in [7, 11) is 3.10. The lowest BCUT2D eigenvalue weighted by molar-refractivity contribution is -0.149. The molecule has 1 fully saturated rings. The quantitative estimate of drug-likeness (QED) is 0.424. The van der Waals surface area contributed by atoms with Crippen LogP contribution >= 0.6 is 0 Å². The fourth-order valence-corrected chi connectivity index (χ4v) is 5.33. The number of benzene rings is 2. The fraction of sp³-hybridized carbons (Fsp3) is 0.387. The molecule has 2 aliphatic rings. The van der Waals surface area contributed by atoms with Crippen LogP contribution in [0.5, 0.6) is 23.0 Å². The van der Waals surface area contributed by atoms with Crippen LogP contribution < -0.4 is 24.3 Å². The van der Waals surface area contributed by atoms with E-state index in [2.05, 4.69) is 10.3 Å². The van der Waals surface area contributed by atoms with Gasteiger partial charge in [-0.1, -0.05) is 43.5 Å². The number of amides is 2. The maximum Gasteiger partial charge on any atom is 0.268 e. The van der Waals surface area contributed by atoms with Gasteiger partial charge < -0.3 is 29.2 Å². The van der Waals surface area contributed by atoms with Crippen LogP contribution in [0.2, 0.25) is 0 Å². The van der Waals surface area contributed by atoms with Crippen LogP contribution in [0.15, 0.2) is 67.0 Å². The van der Waals surface area contributed by atoms with Crippen molar-refractivity contribution in [2.24, 2.45) is 0 Å². The van der Waals surface area contributed by atoms with Gasteiger partial charge in [-0.3, -0.25) is 14.6 Å². The first-order valence-corrected chi connectivity index (χ1v) is 13.7. The minimum atomic E-state index is -0.963. The molecular weight excluding hydrogens is 510 g/mol. The van der Waals surface area contributed by atoms with Crippen molar-refractivity contribution in [3.05, 3.63) is 78.1 Å². The van der Waals surface area contributed by atoms with E-state index < -0.39 is 12.1 Å². The highest BCUT2D eigenvalue weighted by Gasteiger charge is 2.39. The standard InChI is InChI=1S/C31H35N3O6/c1-37-24-15-14-22(17-27(24)38-2)29(30(35)33-23-10-4-3-5-11-23)34(19-21-9-8-16-32-18-21)31(36)28-20-39-25-12-6-7-13-26(25)40-28/h6-9,12-18,23,28-29H,3-5,10-11,19-20H2,1-2H3,(H,33,35). The summed E-state index contributed by atoms with van der Waals surface area (Å²) in [6.45, 7) is 0.174. The number of carbonyl (C=O) groups excluding carboxylic acids is 2. The van der Waals surface area contributed by atoms with Crippen LogP contribution in [0.4, 0.5) is 0 Å². The molecule has 210 valence electrons. The number of ether oxygens (including phenoxy) is 4. The molecule has 1 aliphatic heterocycles. The zero-order valence-electron chi connectivity index (χ0n) is 22.9. The smallest absolute Gasteiger partial charge is 0.268 e. The topological polar surface area (TPSA) is 99.2 Å². The largest absolute Gasteiger partial charge is 0.493 e.